The molecule has 1 aromatic heterocycles. The Morgan fingerprint density at radius 3 is 2.76 bits per heavy atom. The van der Waals surface area contributed by atoms with Gasteiger partial charge < -0.3 is 10.6 Å². The molecular weight excluding hydrogens is 316 g/mol. The summed E-state index contributed by atoms with van der Waals surface area (Å²) in [6.07, 6.45) is 0. The normalized spacial score (nSPS) is 16.8. The summed E-state index contributed by atoms with van der Waals surface area (Å²) in [5, 5.41) is 13.0. The topological polar surface area (TPSA) is 116 Å². The van der Waals surface area contributed by atoms with Crippen LogP contribution in [0.25, 0.3) is 0 Å². The lowest BCUT2D eigenvalue weighted by Gasteiger charge is -2.26. The molecule has 2 rings (SSSR count). The third kappa shape index (κ3) is 4.97. The highest BCUT2D eigenvalue weighted by atomic mass is 32.2. The molecule has 1 saturated heterocycles. The molecule has 11 heteroatoms. The van der Waals surface area contributed by atoms with Crippen molar-refractivity contribution in [3.05, 3.63) is 0 Å². The van der Waals surface area contributed by atoms with Gasteiger partial charge in [0, 0.05) is 46.2 Å². The predicted octanol–water partition coefficient (Wildman–Crippen LogP) is -1.32. The van der Waals surface area contributed by atoms with E-state index in [0.717, 1.165) is 37.5 Å². The Bertz CT molecular complexity index is 581. The third-order valence-electron chi connectivity index (χ3n) is 2.85. The molecule has 3 N–H and O–H groups in total. The highest BCUT2D eigenvalue weighted by Gasteiger charge is 2.20. The van der Waals surface area contributed by atoms with Crippen LogP contribution in [0.4, 0.5) is 5.13 Å². The predicted molar refractivity (Wildman–Crippen MR) is 78.7 cm³/mol. The molecule has 0 unspecified atom stereocenters. The van der Waals surface area contributed by atoms with Gasteiger partial charge in [0.25, 0.3) is 10.0 Å². The number of rotatable bonds is 6. The van der Waals surface area contributed by atoms with Crippen LogP contribution in [0.1, 0.15) is 6.92 Å². The van der Waals surface area contributed by atoms with Crippen LogP contribution in [-0.4, -0.2) is 68.7 Å². The zero-order valence-corrected chi connectivity index (χ0v) is 13.3. The monoisotopic (exact) mass is 334 g/mol. The number of piperazine rings is 1. The highest BCUT2D eigenvalue weighted by molar-refractivity contribution is 7.91. The number of nitrogens with one attached hydrogen (secondary N) is 3. The number of aromatic nitrogens is 2. The van der Waals surface area contributed by atoms with Crippen molar-refractivity contribution in [3.63, 3.8) is 0 Å². The van der Waals surface area contributed by atoms with E-state index in [4.69, 9.17) is 0 Å². The lowest BCUT2D eigenvalue weighted by molar-refractivity contribution is -0.114. The molecule has 0 saturated carbocycles. The van der Waals surface area contributed by atoms with E-state index in [1.54, 1.807) is 0 Å². The second-order valence-corrected chi connectivity index (χ2v) is 7.46. The van der Waals surface area contributed by atoms with Crippen molar-refractivity contribution in [1.29, 1.82) is 0 Å². The molecule has 21 heavy (non-hydrogen) atoms. The summed E-state index contributed by atoms with van der Waals surface area (Å²) in [5.41, 5.74) is 0. The van der Waals surface area contributed by atoms with Gasteiger partial charge in [-0.1, -0.05) is 11.3 Å². The Balaban J connectivity index is 1.85. The van der Waals surface area contributed by atoms with Crippen LogP contribution >= 0.6 is 11.3 Å². The second-order valence-electron chi connectivity index (χ2n) is 4.54. The van der Waals surface area contributed by atoms with Crippen LogP contribution in [0.2, 0.25) is 0 Å². The van der Waals surface area contributed by atoms with Gasteiger partial charge >= 0.3 is 0 Å². The fraction of sp³-hybridized carbons (Fsp3) is 0.700. The second kappa shape index (κ2) is 7.22. The Morgan fingerprint density at radius 2 is 2.10 bits per heavy atom. The van der Waals surface area contributed by atoms with E-state index in [1.165, 1.54) is 6.92 Å². The first-order valence-electron chi connectivity index (χ1n) is 6.51. The molecule has 1 fully saturated rings. The van der Waals surface area contributed by atoms with E-state index in [2.05, 4.69) is 30.5 Å². The summed E-state index contributed by atoms with van der Waals surface area (Å²) >= 11 is 0.826. The van der Waals surface area contributed by atoms with E-state index in [1.807, 2.05) is 0 Å². The minimum atomic E-state index is -3.67. The number of carbonyl (C=O) groups is 1. The molecule has 0 spiro atoms. The minimum Gasteiger partial charge on any atom is -0.314 e. The summed E-state index contributed by atoms with van der Waals surface area (Å²) in [7, 11) is -3.67. The average Bonchev–Trinajstić information content (AvgIpc) is 2.88. The first-order chi connectivity index (χ1) is 9.97. The number of hydrogen-bond donors (Lipinski definition) is 3. The standard InChI is InChI=1S/C10H18N6O3S2/c1-8(17)13-9-14-15-10(20-9)21(18,19)12-4-7-16-5-2-11-3-6-16/h11-12H,2-7H2,1H3,(H,13,14,17). The fourth-order valence-electron chi connectivity index (χ4n) is 1.85. The summed E-state index contributed by atoms with van der Waals surface area (Å²) in [4.78, 5) is 13.1. The van der Waals surface area contributed by atoms with Crippen molar-refractivity contribution >= 4 is 32.4 Å². The van der Waals surface area contributed by atoms with Crippen LogP contribution in [0.15, 0.2) is 4.34 Å². The lowest BCUT2D eigenvalue weighted by Crippen LogP contribution is -2.46. The van der Waals surface area contributed by atoms with Gasteiger partial charge in [-0.3, -0.25) is 9.69 Å². The van der Waals surface area contributed by atoms with Gasteiger partial charge in [0.1, 0.15) is 0 Å². The van der Waals surface area contributed by atoms with E-state index >= 15 is 0 Å². The van der Waals surface area contributed by atoms with Crippen molar-refractivity contribution in [2.24, 2.45) is 0 Å². The summed E-state index contributed by atoms with van der Waals surface area (Å²) in [6.45, 7) is 5.95. The van der Waals surface area contributed by atoms with Crippen LogP contribution in [0.5, 0.6) is 0 Å². The van der Waals surface area contributed by atoms with E-state index < -0.39 is 10.0 Å². The van der Waals surface area contributed by atoms with Crippen LogP contribution in [0, 0.1) is 0 Å². The maximum Gasteiger partial charge on any atom is 0.269 e. The first kappa shape index (κ1) is 16.2. The van der Waals surface area contributed by atoms with Crippen LogP contribution in [-0.2, 0) is 14.8 Å². The zero-order valence-electron chi connectivity index (χ0n) is 11.6. The fourth-order valence-corrected chi connectivity index (χ4v) is 3.86. The molecule has 1 aromatic rings. The third-order valence-corrected chi connectivity index (χ3v) is 5.52. The lowest BCUT2D eigenvalue weighted by atomic mass is 10.3. The molecule has 0 radical (unpaired) electrons. The molecule has 0 aromatic carbocycles. The SMILES string of the molecule is CC(=O)Nc1nnc(S(=O)(=O)NCCN2CCNCC2)s1. The molecule has 9 nitrogen and oxygen atoms in total. The van der Waals surface area contributed by atoms with E-state index in [0.29, 0.717) is 13.1 Å². The number of sulfonamides is 1. The first-order valence-corrected chi connectivity index (χ1v) is 8.81. The van der Waals surface area contributed by atoms with Gasteiger partial charge in [0.15, 0.2) is 0 Å². The van der Waals surface area contributed by atoms with Crippen molar-refractivity contribution in [2.45, 2.75) is 11.3 Å². The number of carbonyl (C=O) groups excluding carboxylic acids is 1. The highest BCUT2D eigenvalue weighted by Crippen LogP contribution is 2.19. The van der Waals surface area contributed by atoms with Gasteiger partial charge in [0.2, 0.25) is 15.4 Å². The maximum atomic E-state index is 12.0. The minimum absolute atomic E-state index is 0.147. The number of hydrogen-bond acceptors (Lipinski definition) is 8. The Kier molecular flexibility index (Phi) is 5.58. The average molecular weight is 334 g/mol. The Labute approximate surface area is 127 Å². The van der Waals surface area contributed by atoms with Gasteiger partial charge in [-0.25, -0.2) is 13.1 Å². The summed E-state index contributed by atoms with van der Waals surface area (Å²) in [6, 6.07) is 0. The molecule has 0 bridgehead atoms. The smallest absolute Gasteiger partial charge is 0.269 e. The molecule has 118 valence electrons. The summed E-state index contributed by atoms with van der Waals surface area (Å²) < 4.78 is 26.4. The van der Waals surface area contributed by atoms with Crippen molar-refractivity contribution in [3.8, 4) is 0 Å². The largest absolute Gasteiger partial charge is 0.314 e. The molecule has 1 aliphatic rings. The van der Waals surface area contributed by atoms with Gasteiger partial charge in [-0.15, -0.1) is 10.2 Å². The van der Waals surface area contributed by atoms with E-state index in [9.17, 15) is 13.2 Å². The van der Waals surface area contributed by atoms with Crippen LogP contribution in [0.3, 0.4) is 0 Å². The molecule has 0 aliphatic carbocycles. The van der Waals surface area contributed by atoms with Gasteiger partial charge in [0.05, 0.1) is 0 Å². The molecule has 2 heterocycles. The number of anilines is 1. The Hall–Kier alpha value is -1.14. The van der Waals surface area contributed by atoms with Crippen LogP contribution < -0.4 is 15.4 Å². The van der Waals surface area contributed by atoms with Crippen molar-refractivity contribution < 1.29 is 13.2 Å². The van der Waals surface area contributed by atoms with Gasteiger partial charge in [-0.05, 0) is 0 Å². The zero-order chi connectivity index (χ0) is 15.3. The van der Waals surface area contributed by atoms with Crippen molar-refractivity contribution in [1.82, 2.24) is 25.1 Å². The maximum absolute atomic E-state index is 12.0. The van der Waals surface area contributed by atoms with E-state index in [-0.39, 0.29) is 15.4 Å². The molecule has 1 amide bonds. The molecule has 0 atom stereocenters. The van der Waals surface area contributed by atoms with Gasteiger partial charge in [-0.2, -0.15) is 0 Å². The molecule has 1 aliphatic heterocycles. The van der Waals surface area contributed by atoms with Crippen molar-refractivity contribution in [2.75, 3.05) is 44.6 Å². The number of nitrogens with zero attached hydrogens (tertiary/aromatic N) is 3. The molecular formula is C10H18N6O3S2. The Morgan fingerprint density at radius 1 is 1.38 bits per heavy atom. The number of amides is 1. The quantitative estimate of drug-likeness (QED) is 0.553. The summed E-state index contributed by atoms with van der Waals surface area (Å²) in [5.74, 6) is -0.318.